The molecule has 154 valence electrons. The molecular formula is C23H17ClN4O3. The zero-order valence-corrected chi connectivity index (χ0v) is 17.0. The number of hydrazine groups is 1. The van der Waals surface area contributed by atoms with Gasteiger partial charge in [0.25, 0.3) is 17.4 Å². The molecule has 1 heterocycles. The molecule has 3 aromatic carbocycles. The molecule has 0 aliphatic heterocycles. The lowest BCUT2D eigenvalue weighted by Gasteiger charge is -2.12. The van der Waals surface area contributed by atoms with Crippen molar-refractivity contribution in [2.24, 2.45) is 0 Å². The molecule has 0 bridgehead atoms. The fraction of sp³-hybridized carbons (Fsp3) is 0.0435. The normalized spacial score (nSPS) is 10.6. The zero-order valence-electron chi connectivity index (χ0n) is 16.2. The number of benzene rings is 3. The van der Waals surface area contributed by atoms with Crippen molar-refractivity contribution in [3.63, 3.8) is 0 Å². The van der Waals surface area contributed by atoms with E-state index in [1.54, 1.807) is 36.4 Å². The molecule has 0 radical (unpaired) electrons. The summed E-state index contributed by atoms with van der Waals surface area (Å²) in [5.41, 5.74) is 5.65. The molecule has 0 saturated heterocycles. The number of hydrogen-bond acceptors (Lipinski definition) is 4. The number of nitrogens with one attached hydrogen (secondary N) is 2. The summed E-state index contributed by atoms with van der Waals surface area (Å²) in [7, 11) is 0. The molecule has 0 aliphatic carbocycles. The molecule has 0 aliphatic rings. The highest BCUT2D eigenvalue weighted by Gasteiger charge is 2.17. The van der Waals surface area contributed by atoms with Crippen molar-refractivity contribution in [2.75, 3.05) is 0 Å². The predicted molar refractivity (Wildman–Crippen MR) is 118 cm³/mol. The molecule has 8 heteroatoms. The van der Waals surface area contributed by atoms with E-state index in [1.165, 1.54) is 16.8 Å². The molecule has 31 heavy (non-hydrogen) atoms. The number of rotatable bonds is 4. The van der Waals surface area contributed by atoms with Crippen molar-refractivity contribution >= 4 is 34.2 Å². The van der Waals surface area contributed by atoms with Gasteiger partial charge in [-0.3, -0.25) is 25.2 Å². The second-order valence-corrected chi connectivity index (χ2v) is 7.19. The summed E-state index contributed by atoms with van der Waals surface area (Å²) in [6.07, 6.45) is 0. The molecule has 0 saturated carbocycles. The van der Waals surface area contributed by atoms with Gasteiger partial charge in [0, 0.05) is 16.0 Å². The molecule has 2 amide bonds. The molecule has 0 unspecified atom stereocenters. The Labute approximate surface area is 182 Å². The van der Waals surface area contributed by atoms with Gasteiger partial charge in [-0.1, -0.05) is 60.1 Å². The lowest BCUT2D eigenvalue weighted by molar-refractivity contribution is 0.0843. The largest absolute Gasteiger partial charge is 0.290 e. The number of hydrogen-bond donors (Lipinski definition) is 2. The van der Waals surface area contributed by atoms with Crippen molar-refractivity contribution in [3.05, 3.63) is 111 Å². The van der Waals surface area contributed by atoms with Crippen LogP contribution in [0.1, 0.15) is 26.4 Å². The molecule has 1 aromatic heterocycles. The highest BCUT2D eigenvalue weighted by atomic mass is 35.5. The third kappa shape index (κ3) is 4.46. The first-order chi connectivity index (χ1) is 15.0. The fourth-order valence-electron chi connectivity index (χ4n) is 3.11. The lowest BCUT2D eigenvalue weighted by atomic mass is 10.1. The van der Waals surface area contributed by atoms with Gasteiger partial charge < -0.3 is 0 Å². The average molecular weight is 433 g/mol. The molecule has 4 aromatic rings. The van der Waals surface area contributed by atoms with Crippen LogP contribution in [0, 0.1) is 0 Å². The Balaban J connectivity index is 1.63. The van der Waals surface area contributed by atoms with Gasteiger partial charge >= 0.3 is 0 Å². The minimum absolute atomic E-state index is 0.0301. The van der Waals surface area contributed by atoms with Gasteiger partial charge in [0.05, 0.1) is 11.9 Å². The minimum atomic E-state index is -0.639. The molecular weight excluding hydrogens is 416 g/mol. The van der Waals surface area contributed by atoms with Crippen LogP contribution in [0.15, 0.2) is 83.7 Å². The predicted octanol–water partition coefficient (Wildman–Crippen LogP) is 3.17. The minimum Gasteiger partial charge on any atom is -0.267 e. The Morgan fingerprint density at radius 2 is 1.42 bits per heavy atom. The fourth-order valence-corrected chi connectivity index (χ4v) is 3.24. The second kappa shape index (κ2) is 8.81. The van der Waals surface area contributed by atoms with E-state index in [1.807, 2.05) is 30.3 Å². The first kappa shape index (κ1) is 20.3. The van der Waals surface area contributed by atoms with Crippen molar-refractivity contribution in [2.45, 2.75) is 6.54 Å². The van der Waals surface area contributed by atoms with Crippen LogP contribution in [0.3, 0.4) is 0 Å². The maximum absolute atomic E-state index is 12.9. The number of carbonyl (C=O) groups is 2. The van der Waals surface area contributed by atoms with Crippen LogP contribution >= 0.6 is 11.6 Å². The maximum atomic E-state index is 12.9. The number of nitrogens with zero attached hydrogens (tertiary/aromatic N) is 2. The molecule has 0 fully saturated rings. The maximum Gasteiger partial charge on any atom is 0.290 e. The summed E-state index contributed by atoms with van der Waals surface area (Å²) in [5.74, 6) is -1.15. The zero-order chi connectivity index (χ0) is 21.8. The Kier molecular flexibility index (Phi) is 5.77. The van der Waals surface area contributed by atoms with E-state index in [4.69, 9.17) is 11.6 Å². The molecule has 2 N–H and O–H groups in total. The van der Waals surface area contributed by atoms with Gasteiger partial charge in [0.1, 0.15) is 0 Å². The Morgan fingerprint density at radius 3 is 2.13 bits per heavy atom. The molecule has 0 atom stereocenters. The molecule has 4 rings (SSSR count). The van der Waals surface area contributed by atoms with E-state index < -0.39 is 11.8 Å². The molecule has 0 spiro atoms. The van der Waals surface area contributed by atoms with E-state index in [-0.39, 0.29) is 17.8 Å². The molecule has 7 nitrogen and oxygen atoms in total. The van der Waals surface area contributed by atoms with Gasteiger partial charge in [-0.2, -0.15) is 5.10 Å². The number of carbonyl (C=O) groups excluding carboxylic acids is 2. The monoisotopic (exact) mass is 432 g/mol. The summed E-state index contributed by atoms with van der Waals surface area (Å²) in [5, 5.41) is 5.54. The highest BCUT2D eigenvalue weighted by Crippen LogP contribution is 2.14. The summed E-state index contributed by atoms with van der Waals surface area (Å²) in [4.78, 5) is 38.0. The first-order valence-electron chi connectivity index (χ1n) is 9.43. The van der Waals surface area contributed by atoms with Crippen molar-refractivity contribution in [1.82, 2.24) is 20.6 Å². The Morgan fingerprint density at radius 1 is 0.806 bits per heavy atom. The van der Waals surface area contributed by atoms with Crippen molar-refractivity contribution < 1.29 is 9.59 Å². The third-order valence-corrected chi connectivity index (χ3v) is 4.91. The Hall–Kier alpha value is -3.97. The van der Waals surface area contributed by atoms with E-state index in [0.717, 1.165) is 5.56 Å². The van der Waals surface area contributed by atoms with Gasteiger partial charge in [-0.25, -0.2) is 4.68 Å². The van der Waals surface area contributed by atoms with E-state index in [0.29, 0.717) is 21.4 Å². The van der Waals surface area contributed by atoms with Crippen LogP contribution in [0.4, 0.5) is 0 Å². The van der Waals surface area contributed by atoms with Crippen LogP contribution in [-0.2, 0) is 6.54 Å². The average Bonchev–Trinajstić information content (AvgIpc) is 2.80. The number of fused-ring (bicyclic) bond motifs is 1. The van der Waals surface area contributed by atoms with Crippen molar-refractivity contribution in [1.29, 1.82) is 0 Å². The quantitative estimate of drug-likeness (QED) is 0.484. The van der Waals surface area contributed by atoms with Crippen LogP contribution in [-0.4, -0.2) is 21.6 Å². The number of halogens is 1. The topological polar surface area (TPSA) is 93.1 Å². The van der Waals surface area contributed by atoms with E-state index in [9.17, 15) is 14.4 Å². The highest BCUT2D eigenvalue weighted by molar-refractivity contribution is 6.30. The summed E-state index contributed by atoms with van der Waals surface area (Å²) in [6, 6.07) is 22.3. The van der Waals surface area contributed by atoms with Crippen LogP contribution in [0.2, 0.25) is 5.02 Å². The lowest BCUT2D eigenvalue weighted by Crippen LogP contribution is -2.42. The summed E-state index contributed by atoms with van der Waals surface area (Å²) < 4.78 is 1.24. The SMILES string of the molecule is O=C(NNC(=O)c1nn(Cc2ccccc2)c(=O)c2ccccc12)c1ccc(Cl)cc1. The number of aromatic nitrogens is 2. The summed E-state index contributed by atoms with van der Waals surface area (Å²) >= 11 is 5.83. The standard InChI is InChI=1S/C23H17ClN4O3/c24-17-12-10-16(11-13-17)21(29)25-26-22(30)20-18-8-4-5-9-19(18)23(31)28(27-20)14-15-6-2-1-3-7-15/h1-13H,14H2,(H,25,29)(H,26,30). The first-order valence-corrected chi connectivity index (χ1v) is 9.81. The Bertz CT molecular complexity index is 1320. The van der Waals surface area contributed by atoms with E-state index in [2.05, 4.69) is 16.0 Å². The summed E-state index contributed by atoms with van der Waals surface area (Å²) in [6.45, 7) is 0.210. The van der Waals surface area contributed by atoms with Crippen LogP contribution in [0.25, 0.3) is 10.8 Å². The van der Waals surface area contributed by atoms with E-state index >= 15 is 0 Å². The number of amides is 2. The van der Waals surface area contributed by atoms with Gasteiger partial charge in [-0.05, 0) is 35.9 Å². The van der Waals surface area contributed by atoms with Crippen LogP contribution in [0.5, 0.6) is 0 Å². The third-order valence-electron chi connectivity index (χ3n) is 4.65. The van der Waals surface area contributed by atoms with Crippen molar-refractivity contribution in [3.8, 4) is 0 Å². The van der Waals surface area contributed by atoms with Gasteiger partial charge in [0.2, 0.25) is 0 Å². The van der Waals surface area contributed by atoms with Gasteiger partial charge in [-0.15, -0.1) is 0 Å². The van der Waals surface area contributed by atoms with Gasteiger partial charge in [0.15, 0.2) is 5.69 Å². The van der Waals surface area contributed by atoms with Crippen LogP contribution < -0.4 is 16.4 Å². The second-order valence-electron chi connectivity index (χ2n) is 6.76. The smallest absolute Gasteiger partial charge is 0.267 e.